The summed E-state index contributed by atoms with van der Waals surface area (Å²) in [6, 6.07) is 0. The van der Waals surface area contributed by atoms with Crippen LogP contribution in [0.3, 0.4) is 0 Å². The van der Waals surface area contributed by atoms with Crippen molar-refractivity contribution < 1.29 is 54.8 Å². The first-order valence-electron chi connectivity index (χ1n) is 0.898. The Morgan fingerprint density at radius 1 is 1.38 bits per heavy atom. The van der Waals surface area contributed by atoms with Gasteiger partial charge in [0.25, 0.3) is 9.05 Å². The summed E-state index contributed by atoms with van der Waals surface area (Å²) in [5.74, 6) is 0. The smallest absolute Gasteiger partial charge is 1.00 e. The van der Waals surface area contributed by atoms with Gasteiger partial charge in [-0.05, 0) is 0 Å². The van der Waals surface area contributed by atoms with Crippen LogP contribution in [0.15, 0.2) is 0 Å². The quantitative estimate of drug-likeness (QED) is 0.175. The molecule has 0 rings (SSSR count). The zero-order chi connectivity index (χ0) is 6.50. The van der Waals surface area contributed by atoms with Crippen LogP contribution in [0, 0.1) is 0 Å². The molecule has 0 saturated carbocycles. The van der Waals surface area contributed by atoms with E-state index in [2.05, 4.69) is 11.2 Å². The topological polar surface area (TPSA) is 98.0 Å². The van der Waals surface area contributed by atoms with Crippen molar-refractivity contribution in [1.82, 2.24) is 0 Å². The van der Waals surface area contributed by atoms with Gasteiger partial charge in [0.1, 0.15) is 0 Å². The van der Waals surface area contributed by atoms with Crippen LogP contribution in [0.4, 0.5) is 0 Å². The zero-order valence-corrected chi connectivity index (χ0v) is 7.65. The van der Waals surface area contributed by atoms with E-state index in [9.17, 15) is 0 Å². The van der Waals surface area contributed by atoms with Crippen molar-refractivity contribution in [3.63, 3.8) is 0 Å². The molecule has 0 saturated heterocycles. The minimum absolute atomic E-state index is 0. The largest absolute Gasteiger partial charge is 1.00 e. The fourth-order valence-electron chi connectivity index (χ4n) is 0. The molecular formula is H5NaO5S2. The molecule has 8 heavy (non-hydrogen) atoms. The van der Waals surface area contributed by atoms with Crippen LogP contribution in [-0.4, -0.2) is 23.8 Å². The van der Waals surface area contributed by atoms with Crippen molar-refractivity contribution in [1.29, 1.82) is 0 Å². The molecule has 0 atom stereocenters. The number of hydrogen-bond donors (Lipinski definition) is 4. The second kappa shape index (κ2) is 8.21. The molecule has 48 valence electrons. The van der Waals surface area contributed by atoms with Crippen LogP contribution in [0.2, 0.25) is 0 Å². The van der Waals surface area contributed by atoms with E-state index in [4.69, 9.17) is 23.8 Å². The normalized spacial score (nSPS) is 8.00. The molecule has 8 heteroatoms. The molecule has 0 radical (unpaired) electrons. The van der Waals surface area contributed by atoms with E-state index in [1.54, 1.807) is 0 Å². The van der Waals surface area contributed by atoms with Crippen molar-refractivity contribution in [3.8, 4) is 0 Å². The van der Waals surface area contributed by atoms with Crippen molar-refractivity contribution in [3.05, 3.63) is 0 Å². The van der Waals surface area contributed by atoms with Gasteiger partial charge in [-0.25, -0.2) is 0 Å². The second-order valence-electron chi connectivity index (χ2n) is 0.448. The molecule has 0 bridgehead atoms. The van der Waals surface area contributed by atoms with Gasteiger partial charge in [-0.3, -0.25) is 19.6 Å². The van der Waals surface area contributed by atoms with Crippen LogP contribution in [0.1, 0.15) is 1.43 Å². The Labute approximate surface area is 74.8 Å². The van der Waals surface area contributed by atoms with Gasteiger partial charge >= 0.3 is 29.6 Å². The Balaban J connectivity index is -0.0000000286. The van der Waals surface area contributed by atoms with Crippen molar-refractivity contribution in [2.45, 2.75) is 0 Å². The monoisotopic (exact) mass is 172 g/mol. The van der Waals surface area contributed by atoms with Crippen LogP contribution in [0.5, 0.6) is 0 Å². The standard InChI is InChI=1S/Na.H2O3S2.H2O2.H/c;1-5(2,3)4;1-2;/h;(H2,1,2,3,4);1-2H;/q+1;;;-1. The van der Waals surface area contributed by atoms with Crippen LogP contribution < -0.4 is 29.6 Å². The van der Waals surface area contributed by atoms with E-state index in [1.807, 2.05) is 0 Å². The fourth-order valence-corrected chi connectivity index (χ4v) is 0. The van der Waals surface area contributed by atoms with Crippen molar-refractivity contribution in [2.24, 2.45) is 0 Å². The fraction of sp³-hybridized carbons (Fsp3) is 0. The van der Waals surface area contributed by atoms with Gasteiger partial charge in [0.2, 0.25) is 0 Å². The maximum atomic E-state index is 9.11. The first-order valence-corrected chi connectivity index (χ1v) is 3.30. The third-order valence-electron chi connectivity index (χ3n) is 0. The summed E-state index contributed by atoms with van der Waals surface area (Å²) in [4.78, 5) is 0. The Bertz CT molecular complexity index is 98.1. The maximum Gasteiger partial charge on any atom is 1.00 e. The van der Waals surface area contributed by atoms with E-state index in [0.717, 1.165) is 0 Å². The van der Waals surface area contributed by atoms with Crippen LogP contribution in [-0.2, 0) is 20.2 Å². The predicted molar refractivity (Wildman–Crippen MR) is 27.1 cm³/mol. The molecule has 0 fully saturated rings. The maximum absolute atomic E-state index is 9.11. The summed E-state index contributed by atoms with van der Waals surface area (Å²) in [5.41, 5.74) is 0. The summed E-state index contributed by atoms with van der Waals surface area (Å²) in [5, 5.41) is 12.0. The van der Waals surface area contributed by atoms with E-state index in [-0.39, 0.29) is 31.0 Å². The molecule has 0 heterocycles. The molecule has 0 aliphatic heterocycles. The van der Waals surface area contributed by atoms with Crippen molar-refractivity contribution >= 4 is 20.2 Å². The Kier molecular flexibility index (Phi) is 16.5. The molecule has 0 aromatic carbocycles. The zero-order valence-electron chi connectivity index (χ0n) is 5.01. The summed E-state index contributed by atoms with van der Waals surface area (Å²) in [7, 11) is -3.83. The summed E-state index contributed by atoms with van der Waals surface area (Å²) in [6.45, 7) is 0. The molecule has 0 aromatic heterocycles. The van der Waals surface area contributed by atoms with Crippen LogP contribution in [0.25, 0.3) is 0 Å². The van der Waals surface area contributed by atoms with E-state index in [0.29, 0.717) is 0 Å². The molecule has 0 unspecified atom stereocenters. The molecule has 0 aliphatic rings. The Morgan fingerprint density at radius 2 is 1.38 bits per heavy atom. The summed E-state index contributed by atoms with van der Waals surface area (Å²) >= 11 is 3.47. The third-order valence-corrected chi connectivity index (χ3v) is 0. The Morgan fingerprint density at radius 3 is 1.38 bits per heavy atom. The SMILES string of the molecule is O=S(O)(O)=S.OO.[H-].[Na+]. The van der Waals surface area contributed by atoms with E-state index in [1.165, 1.54) is 0 Å². The van der Waals surface area contributed by atoms with Gasteiger partial charge in [-0.1, -0.05) is 0 Å². The first kappa shape index (κ1) is 16.1. The molecular weight excluding hydrogens is 167 g/mol. The van der Waals surface area contributed by atoms with Crippen LogP contribution >= 0.6 is 0 Å². The molecule has 0 aliphatic carbocycles. The molecule has 5 nitrogen and oxygen atoms in total. The minimum atomic E-state index is -3.83. The van der Waals surface area contributed by atoms with Gasteiger partial charge in [-0.15, -0.1) is 0 Å². The molecule has 0 amide bonds. The van der Waals surface area contributed by atoms with Gasteiger partial charge in [0, 0.05) is 11.2 Å². The van der Waals surface area contributed by atoms with Crippen molar-refractivity contribution in [2.75, 3.05) is 0 Å². The van der Waals surface area contributed by atoms with E-state index >= 15 is 0 Å². The average Bonchev–Trinajstić information content (AvgIpc) is 1.36. The van der Waals surface area contributed by atoms with Gasteiger partial charge in [-0.2, -0.15) is 4.21 Å². The number of hydrogen-bond acceptors (Lipinski definition) is 4. The van der Waals surface area contributed by atoms with E-state index < -0.39 is 9.05 Å². The second-order valence-corrected chi connectivity index (χ2v) is 2.65. The first-order chi connectivity index (χ1) is 3.00. The predicted octanol–water partition coefficient (Wildman–Crippen LogP) is -3.19. The Hall–Kier alpha value is 1.21. The van der Waals surface area contributed by atoms with Gasteiger partial charge in [0.05, 0.1) is 0 Å². The molecule has 0 spiro atoms. The van der Waals surface area contributed by atoms with Gasteiger partial charge < -0.3 is 1.43 Å². The summed E-state index contributed by atoms with van der Waals surface area (Å²) in [6.07, 6.45) is 0. The minimum Gasteiger partial charge on any atom is -1.00 e. The van der Waals surface area contributed by atoms with Gasteiger partial charge in [0.15, 0.2) is 0 Å². The third kappa shape index (κ3) is 190. The average molecular weight is 172 g/mol. The number of rotatable bonds is 0. The molecule has 4 N–H and O–H groups in total. The molecule has 0 aromatic rings. The summed E-state index contributed by atoms with van der Waals surface area (Å²) < 4.78 is 24.0.